The fraction of sp³-hybridized carbons (Fsp3) is 0.389. The molecular formula is C18H17ClF3N3O3S. The number of sulfone groups is 1. The molecule has 1 aromatic carbocycles. The summed E-state index contributed by atoms with van der Waals surface area (Å²) in [6.07, 6.45) is -4.55. The Kier molecular flexibility index (Phi) is 6.13. The van der Waals surface area contributed by atoms with E-state index in [4.69, 9.17) is 11.6 Å². The number of nitrogens with zero attached hydrogens (tertiary/aromatic N) is 2. The quantitative estimate of drug-likeness (QED) is 0.776. The van der Waals surface area contributed by atoms with E-state index in [-0.39, 0.29) is 41.8 Å². The lowest BCUT2D eigenvalue weighted by Gasteiger charge is -2.29. The Labute approximate surface area is 170 Å². The van der Waals surface area contributed by atoms with Gasteiger partial charge in [-0.3, -0.25) is 4.79 Å². The van der Waals surface area contributed by atoms with Crippen molar-refractivity contribution in [2.24, 2.45) is 5.92 Å². The van der Waals surface area contributed by atoms with Crippen LogP contribution in [0.15, 0.2) is 36.4 Å². The summed E-state index contributed by atoms with van der Waals surface area (Å²) >= 11 is 5.65. The van der Waals surface area contributed by atoms with E-state index in [0.29, 0.717) is 5.69 Å². The molecule has 29 heavy (non-hydrogen) atoms. The van der Waals surface area contributed by atoms with Crippen molar-refractivity contribution in [1.82, 2.24) is 15.5 Å². The van der Waals surface area contributed by atoms with Crippen LogP contribution in [0.4, 0.5) is 13.2 Å². The number of nitrogens with one attached hydrogen (secondary N) is 1. The first-order valence-electron chi connectivity index (χ1n) is 8.71. The van der Waals surface area contributed by atoms with E-state index in [9.17, 15) is 26.4 Å². The average Bonchev–Trinajstić information content (AvgIpc) is 2.66. The molecule has 1 aromatic heterocycles. The molecule has 1 N–H and O–H groups in total. The molecule has 2 heterocycles. The van der Waals surface area contributed by atoms with Gasteiger partial charge in [0.1, 0.15) is 0 Å². The van der Waals surface area contributed by atoms with Gasteiger partial charge in [-0.25, -0.2) is 8.42 Å². The standard InChI is InChI=1S/C18H17ClF3N3O3S/c19-16-5-4-14(24-25-16)10-23-17(26)12-6-7-29(27,28)15(9-12)11-2-1-3-13(8-11)18(20,21)22/h1-5,8,12,15H,6-7,9-10H2,(H,23,26). The summed E-state index contributed by atoms with van der Waals surface area (Å²) in [6.45, 7) is 0.0838. The van der Waals surface area contributed by atoms with Gasteiger partial charge in [-0.1, -0.05) is 29.8 Å². The molecule has 156 valence electrons. The predicted molar refractivity (Wildman–Crippen MR) is 99.6 cm³/mol. The van der Waals surface area contributed by atoms with E-state index >= 15 is 0 Å². The second-order valence-electron chi connectivity index (χ2n) is 6.77. The summed E-state index contributed by atoms with van der Waals surface area (Å²) in [7, 11) is -3.66. The highest BCUT2D eigenvalue weighted by molar-refractivity contribution is 7.91. The molecule has 0 bridgehead atoms. The highest BCUT2D eigenvalue weighted by atomic mass is 35.5. The van der Waals surface area contributed by atoms with Crippen LogP contribution in [0.2, 0.25) is 5.15 Å². The Hall–Kier alpha value is -2.20. The second kappa shape index (κ2) is 8.27. The molecule has 1 aliphatic rings. The first-order valence-corrected chi connectivity index (χ1v) is 10.8. The van der Waals surface area contributed by atoms with Crippen LogP contribution >= 0.6 is 11.6 Å². The predicted octanol–water partition coefficient (Wildman–Crippen LogP) is 3.33. The smallest absolute Gasteiger partial charge is 0.350 e. The van der Waals surface area contributed by atoms with E-state index in [2.05, 4.69) is 15.5 Å². The zero-order valence-electron chi connectivity index (χ0n) is 15.0. The maximum absolute atomic E-state index is 13.0. The van der Waals surface area contributed by atoms with Crippen LogP contribution in [-0.2, 0) is 27.4 Å². The number of halogens is 4. The maximum atomic E-state index is 13.0. The minimum atomic E-state index is -4.58. The van der Waals surface area contributed by atoms with Gasteiger partial charge in [0.25, 0.3) is 0 Å². The minimum absolute atomic E-state index is 0.0425. The molecule has 3 rings (SSSR count). The van der Waals surface area contributed by atoms with Crippen molar-refractivity contribution in [1.29, 1.82) is 0 Å². The summed E-state index contributed by atoms with van der Waals surface area (Å²) in [5.41, 5.74) is -0.403. The van der Waals surface area contributed by atoms with Gasteiger partial charge in [0.05, 0.1) is 28.8 Å². The minimum Gasteiger partial charge on any atom is -0.350 e. The van der Waals surface area contributed by atoms with Crippen LogP contribution < -0.4 is 5.32 Å². The molecule has 2 aromatic rings. The third-order valence-electron chi connectivity index (χ3n) is 4.77. The first kappa shape index (κ1) is 21.5. The molecule has 1 saturated heterocycles. The van der Waals surface area contributed by atoms with Gasteiger partial charge in [0.2, 0.25) is 5.91 Å². The number of rotatable bonds is 4. The van der Waals surface area contributed by atoms with Crippen molar-refractivity contribution in [2.45, 2.75) is 30.8 Å². The Balaban J connectivity index is 1.74. The number of carbonyl (C=O) groups excluding carboxylic acids is 1. The lowest BCUT2D eigenvalue weighted by atomic mass is 9.94. The van der Waals surface area contributed by atoms with E-state index in [0.717, 1.165) is 12.1 Å². The second-order valence-corrected chi connectivity index (χ2v) is 9.46. The summed E-state index contributed by atoms with van der Waals surface area (Å²) in [5, 5.41) is 9.19. The van der Waals surface area contributed by atoms with E-state index < -0.39 is 32.7 Å². The number of carbonyl (C=O) groups is 1. The van der Waals surface area contributed by atoms with Gasteiger partial charge >= 0.3 is 6.18 Å². The molecule has 0 radical (unpaired) electrons. The number of amides is 1. The van der Waals surface area contributed by atoms with Gasteiger partial charge in [-0.2, -0.15) is 18.3 Å². The van der Waals surface area contributed by atoms with Crippen molar-refractivity contribution in [3.05, 3.63) is 58.4 Å². The normalized spacial score (nSPS) is 21.5. The van der Waals surface area contributed by atoms with Crippen LogP contribution in [0.25, 0.3) is 0 Å². The van der Waals surface area contributed by atoms with Crippen molar-refractivity contribution in [3.8, 4) is 0 Å². The zero-order valence-corrected chi connectivity index (χ0v) is 16.6. The molecule has 1 amide bonds. The largest absolute Gasteiger partial charge is 0.416 e. The lowest BCUT2D eigenvalue weighted by Crippen LogP contribution is -2.37. The van der Waals surface area contributed by atoms with Gasteiger partial charge in [0.15, 0.2) is 15.0 Å². The number of hydrogen-bond donors (Lipinski definition) is 1. The van der Waals surface area contributed by atoms with E-state index in [1.165, 1.54) is 18.2 Å². The van der Waals surface area contributed by atoms with Gasteiger partial charge in [-0.15, -0.1) is 5.10 Å². The highest BCUT2D eigenvalue weighted by Crippen LogP contribution is 2.39. The Morgan fingerprint density at radius 2 is 1.97 bits per heavy atom. The Morgan fingerprint density at radius 1 is 1.21 bits per heavy atom. The van der Waals surface area contributed by atoms with Crippen LogP contribution in [0.3, 0.4) is 0 Å². The molecule has 0 aliphatic carbocycles. The van der Waals surface area contributed by atoms with Crippen LogP contribution in [0.5, 0.6) is 0 Å². The van der Waals surface area contributed by atoms with Crippen molar-refractivity contribution in [2.75, 3.05) is 5.75 Å². The molecule has 0 saturated carbocycles. The average molecular weight is 448 g/mol. The van der Waals surface area contributed by atoms with Crippen molar-refractivity contribution < 1.29 is 26.4 Å². The monoisotopic (exact) mass is 447 g/mol. The first-order chi connectivity index (χ1) is 13.6. The Morgan fingerprint density at radius 3 is 2.62 bits per heavy atom. The molecule has 1 fully saturated rings. The van der Waals surface area contributed by atoms with E-state index in [1.54, 1.807) is 6.07 Å². The van der Waals surface area contributed by atoms with Crippen LogP contribution in [0, 0.1) is 5.92 Å². The lowest BCUT2D eigenvalue weighted by molar-refractivity contribution is -0.137. The van der Waals surface area contributed by atoms with E-state index in [1.807, 2.05) is 0 Å². The number of hydrogen-bond acceptors (Lipinski definition) is 5. The van der Waals surface area contributed by atoms with Gasteiger partial charge in [0, 0.05) is 5.92 Å². The molecule has 11 heteroatoms. The molecule has 1 aliphatic heterocycles. The maximum Gasteiger partial charge on any atom is 0.416 e. The molecule has 2 atom stereocenters. The molecule has 0 spiro atoms. The topological polar surface area (TPSA) is 89.0 Å². The molecule has 6 nitrogen and oxygen atoms in total. The van der Waals surface area contributed by atoms with Crippen LogP contribution in [0.1, 0.15) is 34.9 Å². The number of alkyl halides is 3. The molecule has 2 unspecified atom stereocenters. The third-order valence-corrected chi connectivity index (χ3v) is 7.11. The number of benzene rings is 1. The fourth-order valence-electron chi connectivity index (χ4n) is 3.23. The molecular weight excluding hydrogens is 431 g/mol. The SMILES string of the molecule is O=C(NCc1ccc(Cl)nn1)C1CCS(=O)(=O)C(c2cccc(C(F)(F)F)c2)C1. The van der Waals surface area contributed by atoms with Crippen molar-refractivity contribution in [3.63, 3.8) is 0 Å². The summed E-state index contributed by atoms with van der Waals surface area (Å²) in [5.74, 6) is -1.29. The fourth-order valence-corrected chi connectivity index (χ4v) is 5.31. The van der Waals surface area contributed by atoms with Gasteiger partial charge < -0.3 is 5.32 Å². The summed E-state index contributed by atoms with van der Waals surface area (Å²) < 4.78 is 63.9. The highest BCUT2D eigenvalue weighted by Gasteiger charge is 2.39. The van der Waals surface area contributed by atoms with Crippen LogP contribution in [-0.4, -0.2) is 30.3 Å². The number of aromatic nitrogens is 2. The summed E-state index contributed by atoms with van der Waals surface area (Å²) in [6, 6.07) is 7.36. The van der Waals surface area contributed by atoms with Gasteiger partial charge in [-0.05, 0) is 36.6 Å². The zero-order chi connectivity index (χ0) is 21.2. The third kappa shape index (κ3) is 5.24. The van der Waals surface area contributed by atoms with Crippen molar-refractivity contribution >= 4 is 27.3 Å². The Bertz CT molecular complexity index is 997. The summed E-state index contributed by atoms with van der Waals surface area (Å²) in [4.78, 5) is 12.5.